The van der Waals surface area contributed by atoms with Crippen LogP contribution in [-0.2, 0) is 9.53 Å². The molecule has 0 spiro atoms. The van der Waals surface area contributed by atoms with Gasteiger partial charge in [0.25, 0.3) is 0 Å². The highest BCUT2D eigenvalue weighted by Gasteiger charge is 2.05. The molecule has 0 aliphatic heterocycles. The minimum absolute atomic E-state index is 0.163. The van der Waals surface area contributed by atoms with Crippen LogP contribution in [0.15, 0.2) is 41.2 Å². The highest BCUT2D eigenvalue weighted by Crippen LogP contribution is 2.25. The fourth-order valence-electron chi connectivity index (χ4n) is 1.20. The summed E-state index contributed by atoms with van der Waals surface area (Å²) in [5.41, 5.74) is 8.77. The van der Waals surface area contributed by atoms with Gasteiger partial charge in [0.1, 0.15) is 5.70 Å². The Labute approximate surface area is 119 Å². The first-order chi connectivity index (χ1) is 9.10. The molecule has 0 amide bonds. The van der Waals surface area contributed by atoms with E-state index in [2.05, 4.69) is 14.8 Å². The van der Waals surface area contributed by atoms with E-state index in [0.717, 1.165) is 0 Å². The maximum atomic E-state index is 11.2. The molecule has 7 heteroatoms. The second-order valence-corrected chi connectivity index (χ2v) is 4.04. The quantitative estimate of drug-likeness (QED) is 0.207. The lowest BCUT2D eigenvalue weighted by Gasteiger charge is -2.00. The van der Waals surface area contributed by atoms with Crippen LogP contribution in [0.2, 0.25) is 10.0 Å². The Hall–Kier alpha value is -1.94. The zero-order valence-electron chi connectivity index (χ0n) is 9.88. The summed E-state index contributed by atoms with van der Waals surface area (Å²) in [5.74, 6) is -0.729. The molecule has 0 aromatic heterocycles. The molecule has 5 nitrogen and oxygen atoms in total. The number of rotatable bonds is 4. The van der Waals surface area contributed by atoms with E-state index in [9.17, 15) is 4.79 Å². The number of methoxy groups -OCH3 is 1. The Bertz CT molecular complexity index is 570. The van der Waals surface area contributed by atoms with Crippen LogP contribution in [0.3, 0.4) is 0 Å². The zero-order chi connectivity index (χ0) is 14.3. The predicted octanol–water partition coefficient (Wildman–Crippen LogP) is 4.37. The average Bonchev–Trinajstić information content (AvgIpc) is 2.40. The highest BCUT2D eigenvalue weighted by atomic mass is 35.5. The molecule has 0 unspecified atom stereocenters. The first kappa shape index (κ1) is 15.1. The van der Waals surface area contributed by atoms with Crippen molar-refractivity contribution < 1.29 is 9.53 Å². The van der Waals surface area contributed by atoms with Gasteiger partial charge in [0.15, 0.2) is 0 Å². The van der Waals surface area contributed by atoms with Crippen LogP contribution < -0.4 is 0 Å². The zero-order valence-corrected chi connectivity index (χ0v) is 11.4. The van der Waals surface area contributed by atoms with Crippen molar-refractivity contribution in [2.75, 3.05) is 7.11 Å². The van der Waals surface area contributed by atoms with Crippen LogP contribution in [0.1, 0.15) is 5.56 Å². The molecule has 0 heterocycles. The van der Waals surface area contributed by atoms with E-state index in [1.165, 1.54) is 19.3 Å². The Morgan fingerprint density at radius 3 is 2.58 bits per heavy atom. The topological polar surface area (TPSA) is 75.1 Å². The van der Waals surface area contributed by atoms with Crippen LogP contribution in [0.5, 0.6) is 0 Å². The number of azide groups is 1. The third-order valence-corrected chi connectivity index (χ3v) is 2.72. The predicted molar refractivity (Wildman–Crippen MR) is 74.7 cm³/mol. The van der Waals surface area contributed by atoms with Crippen LogP contribution in [0.25, 0.3) is 16.5 Å². The highest BCUT2D eigenvalue weighted by molar-refractivity contribution is 6.37. The SMILES string of the molecule is COC(=O)/C(=C/C=C/c1c(Cl)cccc1Cl)N=[N+]=[N-]. The number of hydrogen-bond acceptors (Lipinski definition) is 3. The molecule has 1 rings (SSSR count). The number of allylic oxidation sites excluding steroid dienone is 2. The number of esters is 1. The van der Waals surface area contributed by atoms with Gasteiger partial charge < -0.3 is 4.74 Å². The molecule has 0 fully saturated rings. The van der Waals surface area contributed by atoms with Crippen LogP contribution in [-0.4, -0.2) is 13.1 Å². The molecule has 1 aromatic rings. The molecule has 0 aliphatic carbocycles. The second kappa shape index (κ2) is 7.48. The largest absolute Gasteiger partial charge is 0.466 e. The second-order valence-electron chi connectivity index (χ2n) is 3.23. The lowest BCUT2D eigenvalue weighted by molar-refractivity contribution is -0.136. The fraction of sp³-hybridized carbons (Fsp3) is 0.0833. The van der Waals surface area contributed by atoms with Gasteiger partial charge >= 0.3 is 5.97 Å². The number of nitrogens with zero attached hydrogens (tertiary/aromatic N) is 3. The molecule has 0 saturated carbocycles. The van der Waals surface area contributed by atoms with E-state index in [4.69, 9.17) is 28.7 Å². The first-order valence-corrected chi connectivity index (χ1v) is 5.81. The van der Waals surface area contributed by atoms with E-state index in [0.29, 0.717) is 15.6 Å². The molecule has 0 N–H and O–H groups in total. The van der Waals surface area contributed by atoms with Gasteiger partial charge in [-0.15, -0.1) is 0 Å². The summed E-state index contributed by atoms with van der Waals surface area (Å²) < 4.78 is 4.46. The van der Waals surface area contributed by atoms with Gasteiger partial charge in [-0.2, -0.15) is 0 Å². The van der Waals surface area contributed by atoms with Gasteiger partial charge in [0.2, 0.25) is 0 Å². The van der Waals surface area contributed by atoms with E-state index < -0.39 is 5.97 Å². The normalized spacial score (nSPS) is 11.2. The molecule has 1 aromatic carbocycles. The van der Waals surface area contributed by atoms with Crippen molar-refractivity contribution in [3.63, 3.8) is 0 Å². The maximum absolute atomic E-state index is 11.2. The minimum Gasteiger partial charge on any atom is -0.466 e. The lowest BCUT2D eigenvalue weighted by atomic mass is 10.2. The standard InChI is InChI=1S/C12H9Cl2N3O2/c1-19-12(18)11(16-17-15)7-2-4-8-9(13)5-3-6-10(8)14/h2-7H,1H3/b4-2+,11-7-. The molecular weight excluding hydrogens is 289 g/mol. The van der Waals surface area contributed by atoms with Crippen molar-refractivity contribution in [2.45, 2.75) is 0 Å². The van der Waals surface area contributed by atoms with Crippen LogP contribution in [0.4, 0.5) is 0 Å². The summed E-state index contributed by atoms with van der Waals surface area (Å²) in [6.45, 7) is 0. The lowest BCUT2D eigenvalue weighted by Crippen LogP contribution is -2.01. The summed E-state index contributed by atoms with van der Waals surface area (Å²) in [7, 11) is 1.19. The summed E-state index contributed by atoms with van der Waals surface area (Å²) in [6, 6.07) is 5.09. The third kappa shape index (κ3) is 4.34. The third-order valence-electron chi connectivity index (χ3n) is 2.06. The molecular formula is C12H9Cl2N3O2. The van der Waals surface area contributed by atoms with Crippen molar-refractivity contribution in [1.82, 2.24) is 0 Å². The monoisotopic (exact) mass is 297 g/mol. The summed E-state index contributed by atoms with van der Waals surface area (Å²) in [5, 5.41) is 4.17. The van der Waals surface area contributed by atoms with Gasteiger partial charge in [-0.1, -0.05) is 46.5 Å². The molecule has 98 valence electrons. The molecule has 0 saturated heterocycles. The molecule has 0 radical (unpaired) electrons. The Morgan fingerprint density at radius 1 is 1.42 bits per heavy atom. The van der Waals surface area contributed by atoms with Gasteiger partial charge in [0, 0.05) is 20.5 Å². The van der Waals surface area contributed by atoms with Crippen molar-refractivity contribution in [3.05, 3.63) is 62.1 Å². The Balaban J connectivity index is 3.03. The van der Waals surface area contributed by atoms with Crippen molar-refractivity contribution in [2.24, 2.45) is 5.11 Å². The van der Waals surface area contributed by atoms with Gasteiger partial charge in [-0.05, 0) is 23.7 Å². The van der Waals surface area contributed by atoms with Gasteiger partial charge in [-0.25, -0.2) is 4.79 Å². The molecule has 19 heavy (non-hydrogen) atoms. The summed E-state index contributed by atoms with van der Waals surface area (Å²) in [4.78, 5) is 13.8. The first-order valence-electron chi connectivity index (χ1n) is 5.06. The van der Waals surface area contributed by atoms with E-state index in [1.807, 2.05) is 0 Å². The number of ether oxygens (including phenoxy) is 1. The number of benzene rings is 1. The van der Waals surface area contributed by atoms with Crippen LogP contribution >= 0.6 is 23.2 Å². The molecule has 0 bridgehead atoms. The maximum Gasteiger partial charge on any atom is 0.340 e. The number of carbonyl (C=O) groups is 1. The summed E-state index contributed by atoms with van der Waals surface area (Å²) >= 11 is 11.9. The van der Waals surface area contributed by atoms with Crippen molar-refractivity contribution >= 4 is 35.2 Å². The Kier molecular flexibility index (Phi) is 5.96. The average molecular weight is 298 g/mol. The van der Waals surface area contributed by atoms with E-state index >= 15 is 0 Å². The van der Waals surface area contributed by atoms with Gasteiger partial charge in [-0.3, -0.25) is 0 Å². The fourth-order valence-corrected chi connectivity index (χ4v) is 1.72. The van der Waals surface area contributed by atoms with E-state index in [-0.39, 0.29) is 5.70 Å². The van der Waals surface area contributed by atoms with E-state index in [1.54, 1.807) is 24.3 Å². The molecule has 0 atom stereocenters. The Morgan fingerprint density at radius 2 is 2.05 bits per heavy atom. The van der Waals surface area contributed by atoms with Crippen molar-refractivity contribution in [3.8, 4) is 0 Å². The number of carbonyl (C=O) groups excluding carboxylic acids is 1. The number of hydrogen-bond donors (Lipinski definition) is 0. The minimum atomic E-state index is -0.729. The smallest absolute Gasteiger partial charge is 0.340 e. The van der Waals surface area contributed by atoms with Gasteiger partial charge in [0.05, 0.1) is 7.11 Å². The number of halogens is 2. The van der Waals surface area contributed by atoms with Crippen molar-refractivity contribution in [1.29, 1.82) is 0 Å². The molecule has 0 aliphatic rings. The summed E-state index contributed by atoms with van der Waals surface area (Å²) in [6.07, 6.45) is 4.40. The van der Waals surface area contributed by atoms with Crippen LogP contribution in [0, 0.1) is 0 Å².